The monoisotopic (exact) mass is 236 g/mol. The highest BCUT2D eigenvalue weighted by Gasteiger charge is 2.16. The topological polar surface area (TPSA) is 26.3 Å². The number of benzene rings is 2. The summed E-state index contributed by atoms with van der Waals surface area (Å²) in [6.45, 7) is 0. The van der Waals surface area contributed by atoms with E-state index in [2.05, 4.69) is 4.74 Å². The molecule has 0 spiro atoms. The van der Waals surface area contributed by atoms with Crippen molar-refractivity contribution >= 4 is 16.7 Å². The Labute approximate surface area is 96.8 Å². The number of esters is 1. The van der Waals surface area contributed by atoms with E-state index >= 15 is 0 Å². The Morgan fingerprint density at radius 3 is 2.35 bits per heavy atom. The van der Waals surface area contributed by atoms with E-state index in [1.54, 1.807) is 24.3 Å². The van der Waals surface area contributed by atoms with Gasteiger partial charge >= 0.3 is 5.97 Å². The minimum atomic E-state index is -2.56. The van der Waals surface area contributed by atoms with E-state index in [1.807, 2.05) is 0 Å². The fourth-order valence-electron chi connectivity index (χ4n) is 1.80. The SMILES string of the molecule is COC(=O)c1ccc(C(F)F)c2ccccc12. The van der Waals surface area contributed by atoms with Gasteiger partial charge in [-0.05, 0) is 16.8 Å². The van der Waals surface area contributed by atoms with Gasteiger partial charge in [0.15, 0.2) is 0 Å². The molecule has 2 rings (SSSR count). The second-order valence-electron chi connectivity index (χ2n) is 3.54. The second-order valence-corrected chi connectivity index (χ2v) is 3.54. The Hall–Kier alpha value is -1.97. The van der Waals surface area contributed by atoms with Gasteiger partial charge in [-0.15, -0.1) is 0 Å². The molecule has 2 aromatic rings. The van der Waals surface area contributed by atoms with Crippen LogP contribution in [0, 0.1) is 0 Å². The fraction of sp³-hybridized carbons (Fsp3) is 0.154. The largest absolute Gasteiger partial charge is 0.465 e. The molecule has 0 saturated carbocycles. The molecule has 0 unspecified atom stereocenters. The van der Waals surface area contributed by atoms with Crippen LogP contribution in [-0.4, -0.2) is 13.1 Å². The van der Waals surface area contributed by atoms with E-state index < -0.39 is 12.4 Å². The smallest absolute Gasteiger partial charge is 0.338 e. The molecule has 0 atom stereocenters. The summed E-state index contributed by atoms with van der Waals surface area (Å²) in [7, 11) is 1.26. The Morgan fingerprint density at radius 2 is 1.76 bits per heavy atom. The molecule has 17 heavy (non-hydrogen) atoms. The number of ether oxygens (including phenoxy) is 1. The highest BCUT2D eigenvalue weighted by molar-refractivity contribution is 6.05. The average molecular weight is 236 g/mol. The van der Waals surface area contributed by atoms with Gasteiger partial charge in [0.1, 0.15) is 0 Å². The Kier molecular flexibility index (Phi) is 3.04. The van der Waals surface area contributed by atoms with Crippen molar-refractivity contribution in [1.29, 1.82) is 0 Å². The van der Waals surface area contributed by atoms with Crippen LogP contribution in [0.4, 0.5) is 8.78 Å². The van der Waals surface area contributed by atoms with Gasteiger partial charge in [-0.25, -0.2) is 13.6 Å². The number of hydrogen-bond donors (Lipinski definition) is 0. The van der Waals surface area contributed by atoms with Gasteiger partial charge in [-0.3, -0.25) is 0 Å². The molecule has 0 aliphatic heterocycles. The van der Waals surface area contributed by atoms with E-state index in [1.165, 1.54) is 19.2 Å². The summed E-state index contributed by atoms with van der Waals surface area (Å²) in [4.78, 5) is 11.5. The summed E-state index contributed by atoms with van der Waals surface area (Å²) in [6.07, 6.45) is -2.56. The molecule has 0 N–H and O–H groups in total. The zero-order valence-electron chi connectivity index (χ0n) is 9.11. The molecule has 0 fully saturated rings. The molecular formula is C13H10F2O2. The summed E-state index contributed by atoms with van der Waals surface area (Å²) >= 11 is 0. The highest BCUT2D eigenvalue weighted by atomic mass is 19.3. The fourth-order valence-corrected chi connectivity index (χ4v) is 1.80. The third-order valence-electron chi connectivity index (χ3n) is 2.60. The quantitative estimate of drug-likeness (QED) is 0.745. The molecule has 2 aromatic carbocycles. The summed E-state index contributed by atoms with van der Waals surface area (Å²) < 4.78 is 30.2. The van der Waals surface area contributed by atoms with E-state index in [9.17, 15) is 13.6 Å². The number of carbonyl (C=O) groups is 1. The number of halogens is 2. The molecule has 0 heterocycles. The predicted octanol–water partition coefficient (Wildman–Crippen LogP) is 3.56. The third-order valence-corrected chi connectivity index (χ3v) is 2.60. The lowest BCUT2D eigenvalue weighted by molar-refractivity contribution is 0.0602. The van der Waals surface area contributed by atoms with Gasteiger partial charge < -0.3 is 4.74 Å². The van der Waals surface area contributed by atoms with E-state index in [4.69, 9.17) is 0 Å². The Balaban J connectivity index is 2.75. The molecule has 0 aliphatic carbocycles. The molecule has 88 valence electrons. The van der Waals surface area contributed by atoms with Crippen LogP contribution in [0.5, 0.6) is 0 Å². The van der Waals surface area contributed by atoms with Crippen LogP contribution in [0.25, 0.3) is 10.8 Å². The van der Waals surface area contributed by atoms with Crippen molar-refractivity contribution < 1.29 is 18.3 Å². The summed E-state index contributed by atoms with van der Waals surface area (Å²) in [5.41, 5.74) is 0.223. The molecule has 0 aromatic heterocycles. The van der Waals surface area contributed by atoms with Crippen LogP contribution in [0.15, 0.2) is 36.4 Å². The third kappa shape index (κ3) is 1.98. The zero-order chi connectivity index (χ0) is 12.4. The second kappa shape index (κ2) is 4.49. The van der Waals surface area contributed by atoms with E-state index in [0.29, 0.717) is 16.3 Å². The van der Waals surface area contributed by atoms with Gasteiger partial charge in [0.25, 0.3) is 6.43 Å². The minimum absolute atomic E-state index is 0.0757. The molecule has 0 bridgehead atoms. The maximum atomic E-state index is 12.8. The lowest BCUT2D eigenvalue weighted by Crippen LogP contribution is -2.03. The average Bonchev–Trinajstić information content (AvgIpc) is 2.36. The van der Waals surface area contributed by atoms with Gasteiger partial charge in [-0.1, -0.05) is 30.3 Å². The Bertz CT molecular complexity index is 564. The van der Waals surface area contributed by atoms with Crippen molar-refractivity contribution in [1.82, 2.24) is 0 Å². The summed E-state index contributed by atoms with van der Waals surface area (Å²) in [5, 5.41) is 0.863. The number of methoxy groups -OCH3 is 1. The lowest BCUT2D eigenvalue weighted by atomic mass is 10.00. The van der Waals surface area contributed by atoms with Crippen molar-refractivity contribution in [2.45, 2.75) is 6.43 Å². The van der Waals surface area contributed by atoms with Crippen molar-refractivity contribution in [3.8, 4) is 0 Å². The van der Waals surface area contributed by atoms with Crippen LogP contribution in [0.1, 0.15) is 22.3 Å². The van der Waals surface area contributed by atoms with Crippen molar-refractivity contribution in [2.24, 2.45) is 0 Å². The molecule has 4 heteroatoms. The summed E-state index contributed by atoms with van der Waals surface area (Å²) in [6, 6.07) is 9.20. The number of alkyl halides is 2. The molecule has 0 amide bonds. The molecule has 2 nitrogen and oxygen atoms in total. The standard InChI is InChI=1S/C13H10F2O2/c1-17-13(16)11-7-6-10(12(14)15)8-4-2-3-5-9(8)11/h2-7,12H,1H3. The first-order chi connectivity index (χ1) is 8.15. The van der Waals surface area contributed by atoms with Crippen LogP contribution >= 0.6 is 0 Å². The minimum Gasteiger partial charge on any atom is -0.465 e. The molecule has 0 aliphatic rings. The summed E-state index contributed by atoms with van der Waals surface area (Å²) in [5.74, 6) is -0.526. The maximum absolute atomic E-state index is 12.8. The first-order valence-corrected chi connectivity index (χ1v) is 5.03. The number of rotatable bonds is 2. The molecule has 0 radical (unpaired) electrons. The van der Waals surface area contributed by atoms with Crippen molar-refractivity contribution in [3.63, 3.8) is 0 Å². The van der Waals surface area contributed by atoms with Gasteiger partial charge in [0, 0.05) is 5.56 Å². The van der Waals surface area contributed by atoms with Crippen LogP contribution in [-0.2, 0) is 4.74 Å². The number of carbonyl (C=O) groups excluding carboxylic acids is 1. The van der Waals surface area contributed by atoms with Gasteiger partial charge in [-0.2, -0.15) is 0 Å². The van der Waals surface area contributed by atoms with E-state index in [-0.39, 0.29) is 5.56 Å². The molecular weight excluding hydrogens is 226 g/mol. The number of fused-ring (bicyclic) bond motifs is 1. The van der Waals surface area contributed by atoms with Crippen LogP contribution in [0.3, 0.4) is 0 Å². The lowest BCUT2D eigenvalue weighted by Gasteiger charge is -2.09. The van der Waals surface area contributed by atoms with Crippen molar-refractivity contribution in [3.05, 3.63) is 47.5 Å². The van der Waals surface area contributed by atoms with Crippen molar-refractivity contribution in [2.75, 3.05) is 7.11 Å². The molecule has 0 saturated heterocycles. The normalized spacial score (nSPS) is 10.8. The highest BCUT2D eigenvalue weighted by Crippen LogP contribution is 2.30. The van der Waals surface area contributed by atoms with Gasteiger partial charge in [0.05, 0.1) is 12.7 Å². The van der Waals surface area contributed by atoms with Crippen LogP contribution in [0.2, 0.25) is 0 Å². The Morgan fingerprint density at radius 1 is 1.12 bits per heavy atom. The predicted molar refractivity (Wildman–Crippen MR) is 60.2 cm³/mol. The van der Waals surface area contributed by atoms with E-state index in [0.717, 1.165) is 0 Å². The van der Waals surface area contributed by atoms with Gasteiger partial charge in [0.2, 0.25) is 0 Å². The maximum Gasteiger partial charge on any atom is 0.338 e. The first-order valence-electron chi connectivity index (χ1n) is 5.03. The first kappa shape index (κ1) is 11.5. The zero-order valence-corrected chi connectivity index (χ0v) is 9.11. The number of hydrogen-bond acceptors (Lipinski definition) is 2. The van der Waals surface area contributed by atoms with Crippen LogP contribution < -0.4 is 0 Å².